The van der Waals surface area contributed by atoms with Crippen molar-refractivity contribution in [1.29, 1.82) is 0 Å². The average molecular weight is 422 g/mol. The van der Waals surface area contributed by atoms with E-state index in [2.05, 4.69) is 4.98 Å². The van der Waals surface area contributed by atoms with Gasteiger partial charge in [0.1, 0.15) is 5.82 Å². The topological polar surface area (TPSA) is 126 Å². The van der Waals surface area contributed by atoms with Crippen LogP contribution in [-0.2, 0) is 16.0 Å². The van der Waals surface area contributed by atoms with Gasteiger partial charge in [-0.3, -0.25) is 4.79 Å². The van der Waals surface area contributed by atoms with Crippen LogP contribution in [0.25, 0.3) is 0 Å². The van der Waals surface area contributed by atoms with Crippen molar-refractivity contribution in [1.82, 2.24) is 15.2 Å². The fourth-order valence-corrected chi connectivity index (χ4v) is 3.32. The van der Waals surface area contributed by atoms with Crippen molar-refractivity contribution in [3.05, 3.63) is 59.8 Å². The zero-order valence-electron chi connectivity index (χ0n) is 15.3. The van der Waals surface area contributed by atoms with Gasteiger partial charge < -0.3 is 16.2 Å². The first kappa shape index (κ1) is 21.1. The van der Waals surface area contributed by atoms with Gasteiger partial charge in [-0.15, -0.1) is 0 Å². The van der Waals surface area contributed by atoms with Crippen LogP contribution in [0.1, 0.15) is 17.2 Å². The average Bonchev–Trinajstić information content (AvgIpc) is 2.67. The summed E-state index contributed by atoms with van der Waals surface area (Å²) in [6.45, 7) is 0. The molecule has 1 aromatic carbocycles. The zero-order valence-corrected chi connectivity index (χ0v) is 15.3. The monoisotopic (exact) mass is 422 g/mol. The van der Waals surface area contributed by atoms with Gasteiger partial charge in [0.05, 0.1) is 5.92 Å². The summed E-state index contributed by atoms with van der Waals surface area (Å²) >= 11 is 0. The van der Waals surface area contributed by atoms with E-state index >= 15 is 0 Å². The van der Waals surface area contributed by atoms with Crippen molar-refractivity contribution >= 4 is 23.7 Å². The quantitative estimate of drug-likeness (QED) is 0.634. The minimum atomic E-state index is -4.85. The summed E-state index contributed by atoms with van der Waals surface area (Å²) in [6.07, 6.45) is -3.52. The van der Waals surface area contributed by atoms with Crippen LogP contribution in [-0.4, -0.2) is 45.1 Å². The van der Waals surface area contributed by atoms with E-state index in [-0.39, 0.29) is 17.8 Å². The van der Waals surface area contributed by atoms with Crippen LogP contribution >= 0.6 is 0 Å². The molecule has 0 bridgehead atoms. The van der Waals surface area contributed by atoms with Gasteiger partial charge in [-0.2, -0.15) is 13.2 Å². The second kappa shape index (κ2) is 8.01. The van der Waals surface area contributed by atoms with E-state index in [1.807, 2.05) is 0 Å². The number of benzene rings is 1. The van der Waals surface area contributed by atoms with E-state index < -0.39 is 42.1 Å². The number of amides is 3. The minimum Gasteiger partial charge on any atom is -0.480 e. The molecule has 0 saturated carbocycles. The molecule has 0 spiro atoms. The number of pyridine rings is 1. The first-order valence-electron chi connectivity index (χ1n) is 8.78. The lowest BCUT2D eigenvalue weighted by Gasteiger charge is -2.43. The van der Waals surface area contributed by atoms with Crippen LogP contribution in [0.2, 0.25) is 0 Å². The Morgan fingerprint density at radius 2 is 1.90 bits per heavy atom. The number of urea groups is 1. The number of carboxylic acid groups (broad SMARTS) is 1. The number of carboxylic acids is 1. The molecule has 8 nitrogen and oxygen atoms in total. The third-order valence-corrected chi connectivity index (χ3v) is 4.71. The number of nitrogens with two attached hydrogens (primary N) is 1. The molecule has 3 atom stereocenters. The van der Waals surface area contributed by atoms with Gasteiger partial charge in [0.25, 0.3) is 0 Å². The second-order valence-electron chi connectivity index (χ2n) is 6.73. The fourth-order valence-electron chi connectivity index (χ4n) is 3.32. The molecule has 0 radical (unpaired) electrons. The van der Waals surface area contributed by atoms with Gasteiger partial charge in [-0.05, 0) is 29.7 Å². The largest absolute Gasteiger partial charge is 0.480 e. The van der Waals surface area contributed by atoms with E-state index in [9.17, 15) is 32.7 Å². The highest BCUT2D eigenvalue weighted by atomic mass is 19.4. The predicted molar refractivity (Wildman–Crippen MR) is 97.9 cm³/mol. The van der Waals surface area contributed by atoms with E-state index in [4.69, 9.17) is 5.73 Å². The molecule has 4 N–H and O–H groups in total. The number of nitrogens with zero attached hydrogens (tertiary/aromatic N) is 2. The maximum atomic E-state index is 13.5. The highest BCUT2D eigenvalue weighted by Gasteiger charge is 2.55. The van der Waals surface area contributed by atoms with Crippen LogP contribution in [0.3, 0.4) is 0 Å². The molecular formula is C19H17F3N4O4. The van der Waals surface area contributed by atoms with E-state index in [1.54, 1.807) is 5.32 Å². The number of halogens is 3. The molecular weight excluding hydrogens is 405 g/mol. The molecule has 1 aliphatic rings. The highest BCUT2D eigenvalue weighted by Crippen LogP contribution is 2.35. The van der Waals surface area contributed by atoms with Gasteiger partial charge in [0, 0.05) is 6.20 Å². The number of imide groups is 1. The number of alkyl halides is 3. The van der Waals surface area contributed by atoms with Gasteiger partial charge >= 0.3 is 18.2 Å². The number of rotatable bonds is 5. The minimum absolute atomic E-state index is 0.0479. The van der Waals surface area contributed by atoms with Gasteiger partial charge in [0.2, 0.25) is 5.91 Å². The molecule has 1 aliphatic heterocycles. The Morgan fingerprint density at radius 1 is 1.23 bits per heavy atom. The van der Waals surface area contributed by atoms with Gasteiger partial charge in [0.15, 0.2) is 12.1 Å². The van der Waals surface area contributed by atoms with Crippen LogP contribution in [0, 0.1) is 5.92 Å². The Hall–Kier alpha value is -3.63. The molecule has 2 aromatic rings. The highest BCUT2D eigenvalue weighted by molar-refractivity contribution is 6.07. The van der Waals surface area contributed by atoms with Crippen molar-refractivity contribution < 1.29 is 32.7 Å². The third-order valence-electron chi connectivity index (χ3n) is 4.71. The summed E-state index contributed by atoms with van der Waals surface area (Å²) in [5.41, 5.74) is 5.83. The number of likely N-dealkylation sites (tertiary alicyclic amines) is 1. The number of aliphatic carboxylic acids is 1. The molecule has 3 amide bonds. The fraction of sp³-hybridized carbons (Fsp3) is 0.263. The standard InChI is InChI=1S/C19H17F3N4O4/c20-19(21,22)15(11-4-2-1-3-5-11)25-18(30)26-14(17(28)29)12(16(26)27)8-10-6-7-24-13(23)9-10/h1-7,9,12,14-15H,8H2,(H2,23,24)(H,25,30)(H,28,29)/t12-,14+,15?/m1/s1. The summed E-state index contributed by atoms with van der Waals surface area (Å²) in [6, 6.07) is 4.13. The van der Waals surface area contributed by atoms with Crippen molar-refractivity contribution in [2.75, 3.05) is 5.73 Å². The molecule has 1 saturated heterocycles. The molecule has 11 heteroatoms. The Balaban J connectivity index is 1.79. The van der Waals surface area contributed by atoms with Gasteiger partial charge in [-0.25, -0.2) is 19.5 Å². The van der Waals surface area contributed by atoms with E-state index in [0.29, 0.717) is 10.5 Å². The first-order valence-corrected chi connectivity index (χ1v) is 8.78. The third kappa shape index (κ3) is 4.19. The summed E-state index contributed by atoms with van der Waals surface area (Å²) in [4.78, 5) is 40.6. The van der Waals surface area contributed by atoms with Crippen molar-refractivity contribution in [3.8, 4) is 0 Å². The number of β-lactam (4-membered cyclic amide) rings is 1. The van der Waals surface area contributed by atoms with E-state index in [1.165, 1.54) is 48.7 Å². The Bertz CT molecular complexity index is 968. The molecule has 1 unspecified atom stereocenters. The van der Waals surface area contributed by atoms with Crippen molar-refractivity contribution in [2.24, 2.45) is 5.92 Å². The number of anilines is 1. The lowest BCUT2D eigenvalue weighted by molar-refractivity contribution is -0.168. The molecule has 158 valence electrons. The number of aromatic nitrogens is 1. The lowest BCUT2D eigenvalue weighted by atomic mass is 9.82. The van der Waals surface area contributed by atoms with Gasteiger partial charge in [-0.1, -0.05) is 30.3 Å². The predicted octanol–water partition coefficient (Wildman–Crippen LogP) is 2.13. The summed E-state index contributed by atoms with van der Waals surface area (Å²) in [5, 5.41) is 11.2. The smallest absolute Gasteiger partial charge is 0.412 e. The summed E-state index contributed by atoms with van der Waals surface area (Å²) < 4.78 is 40.4. The molecule has 30 heavy (non-hydrogen) atoms. The van der Waals surface area contributed by atoms with Crippen molar-refractivity contribution in [3.63, 3.8) is 0 Å². The number of hydrogen-bond donors (Lipinski definition) is 3. The zero-order chi connectivity index (χ0) is 22.1. The number of nitrogen functional groups attached to an aromatic ring is 1. The molecule has 3 rings (SSSR count). The van der Waals surface area contributed by atoms with Crippen molar-refractivity contribution in [2.45, 2.75) is 24.7 Å². The van der Waals surface area contributed by atoms with Crippen LogP contribution < -0.4 is 11.1 Å². The number of carbonyl (C=O) groups excluding carboxylic acids is 2. The molecule has 0 aliphatic carbocycles. The van der Waals surface area contributed by atoms with Crippen LogP contribution in [0.4, 0.5) is 23.8 Å². The maximum absolute atomic E-state index is 13.5. The SMILES string of the molecule is Nc1cc(C[C@H]2C(=O)N(C(=O)NC(c3ccccc3)C(F)(F)F)[C@@H]2C(=O)O)ccn1. The second-order valence-corrected chi connectivity index (χ2v) is 6.73. The summed E-state index contributed by atoms with van der Waals surface area (Å²) in [5.74, 6) is -3.34. The molecule has 1 aromatic heterocycles. The Labute approximate surface area is 168 Å². The molecule has 1 fully saturated rings. The number of nitrogens with one attached hydrogen (secondary N) is 1. The Morgan fingerprint density at radius 3 is 2.47 bits per heavy atom. The Kier molecular flexibility index (Phi) is 5.63. The van der Waals surface area contributed by atoms with Crippen LogP contribution in [0.5, 0.6) is 0 Å². The lowest BCUT2D eigenvalue weighted by Crippen LogP contribution is -2.69. The van der Waals surface area contributed by atoms with E-state index in [0.717, 1.165) is 0 Å². The number of carbonyl (C=O) groups is 3. The first-order chi connectivity index (χ1) is 14.1. The summed E-state index contributed by atoms with van der Waals surface area (Å²) in [7, 11) is 0. The maximum Gasteiger partial charge on any atom is 0.412 e. The van der Waals surface area contributed by atoms with Crippen LogP contribution in [0.15, 0.2) is 48.7 Å². The normalized spacial score (nSPS) is 19.7. The number of hydrogen-bond acceptors (Lipinski definition) is 5. The molecule has 2 heterocycles.